The lowest BCUT2D eigenvalue weighted by Crippen LogP contribution is -2.13. The zero-order valence-electron chi connectivity index (χ0n) is 14.8. The Bertz CT molecular complexity index is 652. The molecule has 0 saturated heterocycles. The van der Waals surface area contributed by atoms with Crippen molar-refractivity contribution >= 4 is 11.6 Å². The maximum atomic E-state index is 12.5. The maximum absolute atomic E-state index is 12.5. The number of unbranched alkanes of at least 4 members (excludes halogenated alkanes) is 5. The van der Waals surface area contributed by atoms with Crippen molar-refractivity contribution in [3.05, 3.63) is 54.1 Å². The van der Waals surface area contributed by atoms with Crippen LogP contribution in [0, 0.1) is 0 Å². The summed E-state index contributed by atoms with van der Waals surface area (Å²) in [6.45, 7) is 2.83. The highest BCUT2D eigenvalue weighted by Crippen LogP contribution is 2.21. The van der Waals surface area contributed by atoms with E-state index in [2.05, 4.69) is 12.2 Å². The summed E-state index contributed by atoms with van der Waals surface area (Å²) in [4.78, 5) is 12.5. The number of anilines is 1. The maximum Gasteiger partial charge on any atom is 0.259 e. The molecule has 0 aliphatic carbocycles. The van der Waals surface area contributed by atoms with Crippen molar-refractivity contribution in [2.75, 3.05) is 11.9 Å². The Labute approximate surface area is 149 Å². The van der Waals surface area contributed by atoms with Gasteiger partial charge in [-0.2, -0.15) is 0 Å². The van der Waals surface area contributed by atoms with Crippen LogP contribution in [0.2, 0.25) is 0 Å². The van der Waals surface area contributed by atoms with E-state index in [1.54, 1.807) is 18.2 Å². The number of ether oxygens (including phenoxy) is 1. The third kappa shape index (κ3) is 6.49. The van der Waals surface area contributed by atoms with Crippen LogP contribution in [0.1, 0.15) is 55.8 Å². The Morgan fingerprint density at radius 2 is 1.64 bits per heavy atom. The van der Waals surface area contributed by atoms with Crippen LogP contribution in [-0.4, -0.2) is 17.6 Å². The molecule has 0 spiro atoms. The lowest BCUT2D eigenvalue weighted by molar-refractivity contribution is 0.102. The molecular weight excluding hydrogens is 314 g/mol. The fourth-order valence-electron chi connectivity index (χ4n) is 2.59. The summed E-state index contributed by atoms with van der Waals surface area (Å²) in [5.41, 5.74) is 1.15. The molecule has 0 radical (unpaired) electrons. The van der Waals surface area contributed by atoms with Gasteiger partial charge in [-0.05, 0) is 42.8 Å². The minimum absolute atomic E-state index is 0.167. The van der Waals surface area contributed by atoms with Gasteiger partial charge in [-0.1, -0.05) is 51.2 Å². The van der Waals surface area contributed by atoms with Gasteiger partial charge in [-0.15, -0.1) is 0 Å². The molecule has 4 nitrogen and oxygen atoms in total. The van der Waals surface area contributed by atoms with Crippen LogP contribution in [0.25, 0.3) is 0 Å². The molecule has 0 heterocycles. The van der Waals surface area contributed by atoms with Crippen molar-refractivity contribution in [2.45, 2.75) is 45.4 Å². The number of amides is 1. The lowest BCUT2D eigenvalue weighted by Gasteiger charge is -2.12. The minimum atomic E-state index is -0.218. The Kier molecular flexibility index (Phi) is 7.83. The molecule has 0 saturated carbocycles. The van der Waals surface area contributed by atoms with Crippen LogP contribution in [0.15, 0.2) is 48.5 Å². The highest BCUT2D eigenvalue weighted by molar-refractivity contribution is 6.06. The second-order valence-electron chi connectivity index (χ2n) is 6.11. The van der Waals surface area contributed by atoms with Crippen molar-refractivity contribution in [3.63, 3.8) is 0 Å². The Morgan fingerprint density at radius 3 is 2.40 bits per heavy atom. The third-order valence-electron chi connectivity index (χ3n) is 4.01. The number of benzene rings is 2. The van der Waals surface area contributed by atoms with E-state index in [1.807, 2.05) is 18.2 Å². The molecule has 0 aromatic heterocycles. The summed E-state index contributed by atoms with van der Waals surface area (Å²) >= 11 is 0. The van der Waals surface area contributed by atoms with Crippen LogP contribution in [-0.2, 0) is 0 Å². The summed E-state index contributed by atoms with van der Waals surface area (Å²) in [6, 6.07) is 13.7. The molecule has 0 bridgehead atoms. The summed E-state index contributed by atoms with van der Waals surface area (Å²) in [5.74, 6) is 0.553. The molecule has 2 N–H and O–H groups in total. The van der Waals surface area contributed by atoms with Gasteiger partial charge < -0.3 is 15.2 Å². The quantitative estimate of drug-likeness (QED) is 0.450. The highest BCUT2D eigenvalue weighted by atomic mass is 16.5. The monoisotopic (exact) mass is 341 g/mol. The molecule has 2 rings (SSSR count). The molecule has 4 heteroatoms. The Balaban J connectivity index is 1.86. The second kappa shape index (κ2) is 10.4. The molecule has 2 aromatic carbocycles. The summed E-state index contributed by atoms with van der Waals surface area (Å²) in [5, 5.41) is 12.1. The van der Waals surface area contributed by atoms with Crippen LogP contribution < -0.4 is 10.1 Å². The molecule has 0 atom stereocenters. The van der Waals surface area contributed by atoms with Crippen molar-refractivity contribution in [1.82, 2.24) is 0 Å². The number of carbonyl (C=O) groups is 1. The van der Waals surface area contributed by atoms with Crippen LogP contribution in [0.5, 0.6) is 11.5 Å². The van der Waals surface area contributed by atoms with Gasteiger partial charge in [0.05, 0.1) is 12.2 Å². The summed E-state index contributed by atoms with van der Waals surface area (Å²) in [7, 11) is 0. The van der Waals surface area contributed by atoms with E-state index in [0.717, 1.165) is 12.8 Å². The van der Waals surface area contributed by atoms with E-state index in [4.69, 9.17) is 4.74 Å². The number of rotatable bonds is 10. The van der Waals surface area contributed by atoms with E-state index < -0.39 is 0 Å². The van der Waals surface area contributed by atoms with Gasteiger partial charge in [0.25, 0.3) is 5.91 Å². The van der Waals surface area contributed by atoms with Crippen molar-refractivity contribution in [2.24, 2.45) is 0 Å². The third-order valence-corrected chi connectivity index (χ3v) is 4.01. The van der Waals surface area contributed by atoms with Gasteiger partial charge in [0.2, 0.25) is 0 Å². The van der Waals surface area contributed by atoms with Gasteiger partial charge in [-0.25, -0.2) is 0 Å². The number of carbonyl (C=O) groups excluding carboxylic acids is 1. The van der Waals surface area contributed by atoms with Gasteiger partial charge in [0, 0.05) is 5.69 Å². The number of phenols is 1. The number of nitrogens with one attached hydrogen (secondary N) is 1. The van der Waals surface area contributed by atoms with Gasteiger partial charge in [0.1, 0.15) is 11.5 Å². The predicted molar refractivity (Wildman–Crippen MR) is 101 cm³/mol. The van der Waals surface area contributed by atoms with Gasteiger partial charge in [-0.3, -0.25) is 4.79 Å². The molecule has 1 amide bonds. The highest BCUT2D eigenvalue weighted by Gasteiger charge is 2.12. The smallest absolute Gasteiger partial charge is 0.259 e. The van der Waals surface area contributed by atoms with E-state index >= 15 is 0 Å². The number of hydrogen-bond acceptors (Lipinski definition) is 3. The minimum Gasteiger partial charge on any atom is -0.508 e. The SMILES string of the molecule is CCCCCCCCOc1ccccc1C(=O)Nc1ccc(O)cc1. The van der Waals surface area contributed by atoms with E-state index in [9.17, 15) is 9.90 Å². The Morgan fingerprint density at radius 1 is 0.960 bits per heavy atom. The van der Waals surface area contributed by atoms with Crippen molar-refractivity contribution in [3.8, 4) is 11.5 Å². The van der Waals surface area contributed by atoms with Crippen molar-refractivity contribution < 1.29 is 14.6 Å². The first-order valence-electron chi connectivity index (χ1n) is 9.03. The number of phenolic OH excluding ortho intramolecular Hbond substituents is 1. The lowest BCUT2D eigenvalue weighted by atomic mass is 10.1. The zero-order chi connectivity index (χ0) is 17.9. The number of hydrogen-bond donors (Lipinski definition) is 2. The molecule has 25 heavy (non-hydrogen) atoms. The second-order valence-corrected chi connectivity index (χ2v) is 6.11. The van der Waals surface area contributed by atoms with E-state index in [0.29, 0.717) is 23.6 Å². The van der Waals surface area contributed by atoms with E-state index in [-0.39, 0.29) is 11.7 Å². The first-order valence-corrected chi connectivity index (χ1v) is 9.03. The first kappa shape index (κ1) is 18.8. The average molecular weight is 341 g/mol. The fraction of sp³-hybridized carbons (Fsp3) is 0.381. The summed E-state index contributed by atoms with van der Waals surface area (Å²) < 4.78 is 5.82. The normalized spacial score (nSPS) is 10.4. The molecule has 0 aliphatic heterocycles. The van der Waals surface area contributed by atoms with Crippen LogP contribution in [0.4, 0.5) is 5.69 Å². The average Bonchev–Trinajstić information content (AvgIpc) is 2.63. The largest absolute Gasteiger partial charge is 0.508 e. The molecule has 0 aliphatic rings. The standard InChI is InChI=1S/C21H27NO3/c1-2-3-4-5-6-9-16-25-20-11-8-7-10-19(20)21(24)22-17-12-14-18(23)15-13-17/h7-8,10-15,23H,2-6,9,16H2,1H3,(H,22,24). The number of para-hydroxylation sites is 1. The molecule has 2 aromatic rings. The topological polar surface area (TPSA) is 58.6 Å². The van der Waals surface area contributed by atoms with Gasteiger partial charge in [0.15, 0.2) is 0 Å². The predicted octanol–water partition coefficient (Wildman–Crippen LogP) is 5.38. The van der Waals surface area contributed by atoms with E-state index in [1.165, 1.54) is 37.8 Å². The van der Waals surface area contributed by atoms with Crippen molar-refractivity contribution in [1.29, 1.82) is 0 Å². The first-order chi connectivity index (χ1) is 12.2. The van der Waals surface area contributed by atoms with Crippen LogP contribution >= 0.6 is 0 Å². The molecule has 134 valence electrons. The van der Waals surface area contributed by atoms with Crippen LogP contribution in [0.3, 0.4) is 0 Å². The number of aromatic hydroxyl groups is 1. The molecular formula is C21H27NO3. The summed E-state index contributed by atoms with van der Waals surface area (Å²) in [6.07, 6.45) is 7.21. The molecule has 0 fully saturated rings. The van der Waals surface area contributed by atoms with Gasteiger partial charge >= 0.3 is 0 Å². The Hall–Kier alpha value is -2.49. The molecule has 0 unspecified atom stereocenters. The fourth-order valence-corrected chi connectivity index (χ4v) is 2.59. The zero-order valence-corrected chi connectivity index (χ0v) is 14.8.